The normalized spacial score (nSPS) is 15.3. The molecule has 0 bridgehead atoms. The van der Waals surface area contributed by atoms with Gasteiger partial charge in [-0.25, -0.2) is 0 Å². The van der Waals surface area contributed by atoms with Gasteiger partial charge in [0.1, 0.15) is 0 Å². The van der Waals surface area contributed by atoms with E-state index in [0.29, 0.717) is 11.9 Å². The molecule has 2 atom stereocenters. The lowest BCUT2D eigenvalue weighted by Gasteiger charge is -2.20. The maximum Gasteiger partial charge on any atom is 0.0997 e. The van der Waals surface area contributed by atoms with Crippen LogP contribution < -0.4 is 5.32 Å². The predicted molar refractivity (Wildman–Crippen MR) is 82.8 cm³/mol. The molecule has 0 aliphatic carbocycles. The summed E-state index contributed by atoms with van der Waals surface area (Å²) in [4.78, 5) is 8.63. The van der Waals surface area contributed by atoms with Gasteiger partial charge in [-0.3, -0.25) is 9.98 Å². The van der Waals surface area contributed by atoms with Crippen molar-refractivity contribution in [2.24, 2.45) is 4.99 Å². The van der Waals surface area contributed by atoms with Gasteiger partial charge in [0.2, 0.25) is 0 Å². The zero-order valence-corrected chi connectivity index (χ0v) is 12.9. The van der Waals surface area contributed by atoms with E-state index in [9.17, 15) is 0 Å². The second kappa shape index (κ2) is 9.07. The minimum absolute atomic E-state index is 0.205. The fraction of sp³-hybridized carbons (Fsp3) is 0.571. The van der Waals surface area contributed by atoms with Gasteiger partial charge in [-0.15, -0.1) is 11.8 Å². The summed E-state index contributed by atoms with van der Waals surface area (Å²) in [5, 5.41) is 4.42. The highest BCUT2D eigenvalue weighted by molar-refractivity contribution is 8.15. The first-order valence-electron chi connectivity index (χ1n) is 6.56. The first kappa shape index (κ1) is 16.1. The first-order chi connectivity index (χ1) is 9.19. The number of nitrogens with one attached hydrogen (secondary N) is 1. The average molecular weight is 281 g/mol. The molecule has 0 saturated carbocycles. The molecule has 19 heavy (non-hydrogen) atoms. The minimum Gasteiger partial charge on any atom is -0.378 e. The molecule has 0 saturated heterocycles. The van der Waals surface area contributed by atoms with Crippen LogP contribution in [0.4, 0.5) is 0 Å². The second-order valence-corrected chi connectivity index (χ2v) is 5.56. The second-order valence-electron chi connectivity index (χ2n) is 4.19. The Balaban J connectivity index is 2.76. The summed E-state index contributed by atoms with van der Waals surface area (Å²) >= 11 is 1.74. The van der Waals surface area contributed by atoms with Crippen LogP contribution in [-0.2, 0) is 4.74 Å². The van der Waals surface area contributed by atoms with Gasteiger partial charge in [-0.2, -0.15) is 0 Å². The van der Waals surface area contributed by atoms with Crippen LogP contribution in [0.25, 0.3) is 0 Å². The van der Waals surface area contributed by atoms with Gasteiger partial charge in [0, 0.05) is 29.8 Å². The molecular weight excluding hydrogens is 258 g/mol. The molecule has 0 spiro atoms. The summed E-state index contributed by atoms with van der Waals surface area (Å²) in [5.74, 6) is 0. The highest BCUT2D eigenvalue weighted by Gasteiger charge is 2.16. The Kier molecular flexibility index (Phi) is 7.70. The van der Waals surface area contributed by atoms with E-state index in [1.165, 1.54) is 0 Å². The van der Waals surface area contributed by atoms with E-state index in [4.69, 9.17) is 4.74 Å². The number of ether oxygens (including phenoxy) is 1. The topological polar surface area (TPSA) is 46.5 Å². The fourth-order valence-electron chi connectivity index (χ4n) is 1.51. The van der Waals surface area contributed by atoms with E-state index in [0.717, 1.165) is 17.2 Å². The van der Waals surface area contributed by atoms with Crippen LogP contribution in [0.3, 0.4) is 0 Å². The number of aromatic nitrogens is 1. The molecular formula is C14H23N3OS. The van der Waals surface area contributed by atoms with Gasteiger partial charge in [-0.05, 0) is 33.0 Å². The van der Waals surface area contributed by atoms with Crippen LogP contribution in [0.15, 0.2) is 29.5 Å². The van der Waals surface area contributed by atoms with E-state index in [1.54, 1.807) is 24.2 Å². The molecule has 0 amide bonds. The molecule has 0 aliphatic heterocycles. The van der Waals surface area contributed by atoms with Gasteiger partial charge < -0.3 is 10.1 Å². The number of rotatable bonds is 7. The van der Waals surface area contributed by atoms with Crippen molar-refractivity contribution in [2.75, 3.05) is 20.3 Å². The molecule has 106 valence electrons. The predicted octanol–water partition coefficient (Wildman–Crippen LogP) is 2.55. The number of hydrogen-bond donors (Lipinski definition) is 1. The van der Waals surface area contributed by atoms with E-state index in [1.807, 2.05) is 26.1 Å². The zero-order chi connectivity index (χ0) is 14.1. The Morgan fingerprint density at radius 1 is 1.42 bits per heavy atom. The lowest BCUT2D eigenvalue weighted by Crippen LogP contribution is -2.22. The maximum absolute atomic E-state index is 5.64. The van der Waals surface area contributed by atoms with Crippen molar-refractivity contribution in [3.63, 3.8) is 0 Å². The molecule has 1 unspecified atom stereocenters. The molecule has 0 radical (unpaired) electrons. The monoisotopic (exact) mass is 281 g/mol. The average Bonchev–Trinajstić information content (AvgIpc) is 2.44. The van der Waals surface area contributed by atoms with Gasteiger partial charge in [0.15, 0.2) is 0 Å². The number of pyridine rings is 1. The Morgan fingerprint density at radius 3 is 2.68 bits per heavy atom. The van der Waals surface area contributed by atoms with Crippen LogP contribution in [0.2, 0.25) is 0 Å². The third-order valence-electron chi connectivity index (χ3n) is 2.70. The molecule has 1 heterocycles. The summed E-state index contributed by atoms with van der Waals surface area (Å²) in [7, 11) is 1.89. The summed E-state index contributed by atoms with van der Waals surface area (Å²) in [6, 6.07) is 3.97. The summed E-state index contributed by atoms with van der Waals surface area (Å²) in [5.41, 5.74) is 1.10. The van der Waals surface area contributed by atoms with E-state index >= 15 is 0 Å². The number of hydrogen-bond acceptors (Lipinski definition) is 5. The Labute approximate surface area is 120 Å². The minimum atomic E-state index is 0.205. The van der Waals surface area contributed by atoms with Crippen LogP contribution >= 0.6 is 11.8 Å². The van der Waals surface area contributed by atoms with Crippen molar-refractivity contribution in [3.8, 4) is 0 Å². The van der Waals surface area contributed by atoms with Crippen molar-refractivity contribution >= 4 is 16.8 Å². The molecule has 1 N–H and O–H groups in total. The molecule has 4 nitrogen and oxygen atoms in total. The standard InChI is InChI=1S/C14H23N3OS/c1-5-18-11(2)12(3)19-14(17-10-15-4)13-6-8-16-9-7-13/h6-9,11-12,15H,5,10H2,1-4H3/b17-14-/t11-,12?/m0/s1. The third kappa shape index (κ3) is 5.72. The van der Waals surface area contributed by atoms with E-state index in [2.05, 4.69) is 29.1 Å². The number of nitrogens with zero attached hydrogens (tertiary/aromatic N) is 2. The van der Waals surface area contributed by atoms with Gasteiger partial charge in [-0.1, -0.05) is 6.92 Å². The van der Waals surface area contributed by atoms with Crippen molar-refractivity contribution in [2.45, 2.75) is 32.1 Å². The molecule has 1 aromatic rings. The zero-order valence-electron chi connectivity index (χ0n) is 12.1. The summed E-state index contributed by atoms with van der Waals surface area (Å²) in [6.45, 7) is 7.64. The van der Waals surface area contributed by atoms with E-state index < -0.39 is 0 Å². The summed E-state index contributed by atoms with van der Waals surface area (Å²) < 4.78 is 5.64. The molecule has 1 rings (SSSR count). The lowest BCUT2D eigenvalue weighted by molar-refractivity contribution is 0.0780. The van der Waals surface area contributed by atoms with Crippen LogP contribution in [0, 0.1) is 0 Å². The quantitative estimate of drug-likeness (QED) is 0.616. The van der Waals surface area contributed by atoms with E-state index in [-0.39, 0.29) is 6.10 Å². The van der Waals surface area contributed by atoms with Crippen LogP contribution in [0.5, 0.6) is 0 Å². The van der Waals surface area contributed by atoms with Gasteiger partial charge in [0.05, 0.1) is 17.8 Å². The summed E-state index contributed by atoms with van der Waals surface area (Å²) in [6.07, 6.45) is 3.79. The van der Waals surface area contributed by atoms with Gasteiger partial charge in [0.25, 0.3) is 0 Å². The SMILES string of the molecule is CCO[C@@H](C)C(C)S/C(=N\CNC)c1ccncc1. The van der Waals surface area contributed by atoms with Crippen molar-refractivity contribution in [3.05, 3.63) is 30.1 Å². The third-order valence-corrected chi connectivity index (χ3v) is 4.04. The molecule has 0 aliphatic rings. The Hall–Kier alpha value is -0.910. The molecule has 1 aromatic heterocycles. The first-order valence-corrected chi connectivity index (χ1v) is 7.44. The van der Waals surface area contributed by atoms with Crippen LogP contribution in [0.1, 0.15) is 26.3 Å². The van der Waals surface area contributed by atoms with Crippen molar-refractivity contribution in [1.82, 2.24) is 10.3 Å². The fourth-order valence-corrected chi connectivity index (χ4v) is 2.55. The molecule has 0 fully saturated rings. The lowest BCUT2D eigenvalue weighted by atomic mass is 10.3. The Morgan fingerprint density at radius 2 is 2.11 bits per heavy atom. The Bertz CT molecular complexity index is 384. The molecule has 0 aromatic carbocycles. The highest BCUT2D eigenvalue weighted by atomic mass is 32.2. The molecule has 5 heteroatoms. The maximum atomic E-state index is 5.64. The number of aliphatic imine (C=N–C) groups is 1. The smallest absolute Gasteiger partial charge is 0.0997 e. The van der Waals surface area contributed by atoms with Crippen molar-refractivity contribution in [1.29, 1.82) is 0 Å². The number of thioether (sulfide) groups is 1. The highest BCUT2D eigenvalue weighted by Crippen LogP contribution is 2.22. The van der Waals surface area contributed by atoms with Gasteiger partial charge >= 0.3 is 0 Å². The largest absolute Gasteiger partial charge is 0.378 e. The van der Waals surface area contributed by atoms with Crippen LogP contribution in [-0.4, -0.2) is 41.7 Å². The van der Waals surface area contributed by atoms with Crippen molar-refractivity contribution < 1.29 is 4.74 Å².